The highest BCUT2D eigenvalue weighted by Crippen LogP contribution is 2.18. The molecule has 0 aromatic heterocycles. The molecule has 0 radical (unpaired) electrons. The molecule has 0 unspecified atom stereocenters. The lowest BCUT2D eigenvalue weighted by molar-refractivity contribution is -0.148. The largest absolute Gasteiger partial charge is 0.384 e. The molecule has 7 nitrogen and oxygen atoms in total. The maximum Gasteiger partial charge on any atom is 0.312 e. The van der Waals surface area contributed by atoms with Gasteiger partial charge in [-0.15, -0.1) is 0 Å². The van der Waals surface area contributed by atoms with Crippen LogP contribution in [0.25, 0.3) is 0 Å². The monoisotopic (exact) mass is 358 g/mol. The molecule has 0 bridgehead atoms. The Kier molecular flexibility index (Phi) is 5.75. The SMILES string of the molecule is Cc1ccccc1NCCC(=O)N1CCN(C(=O)C(=O)NC2CC2)CC1. The van der Waals surface area contributed by atoms with E-state index >= 15 is 0 Å². The molecule has 1 saturated heterocycles. The van der Waals surface area contributed by atoms with Crippen molar-refractivity contribution in [3.8, 4) is 0 Å². The minimum atomic E-state index is -0.519. The van der Waals surface area contributed by atoms with Crippen LogP contribution >= 0.6 is 0 Å². The maximum atomic E-state index is 12.3. The van der Waals surface area contributed by atoms with Crippen molar-refractivity contribution in [2.24, 2.45) is 0 Å². The summed E-state index contributed by atoms with van der Waals surface area (Å²) in [7, 11) is 0. The van der Waals surface area contributed by atoms with Crippen molar-refractivity contribution in [3.05, 3.63) is 29.8 Å². The maximum absolute atomic E-state index is 12.3. The number of carbonyl (C=O) groups excluding carboxylic acids is 3. The molecule has 7 heteroatoms. The molecule has 26 heavy (non-hydrogen) atoms. The fraction of sp³-hybridized carbons (Fsp3) is 0.526. The Morgan fingerprint density at radius 2 is 1.69 bits per heavy atom. The van der Waals surface area contributed by atoms with Gasteiger partial charge in [-0.25, -0.2) is 0 Å². The smallest absolute Gasteiger partial charge is 0.312 e. The van der Waals surface area contributed by atoms with Crippen LogP contribution in [-0.2, 0) is 14.4 Å². The molecule has 1 saturated carbocycles. The number of hydrogen-bond donors (Lipinski definition) is 2. The summed E-state index contributed by atoms with van der Waals surface area (Å²) in [4.78, 5) is 39.6. The fourth-order valence-corrected chi connectivity index (χ4v) is 3.01. The number of benzene rings is 1. The Morgan fingerprint density at radius 1 is 1.04 bits per heavy atom. The second kappa shape index (κ2) is 8.21. The van der Waals surface area contributed by atoms with E-state index in [-0.39, 0.29) is 11.9 Å². The summed E-state index contributed by atoms with van der Waals surface area (Å²) < 4.78 is 0. The van der Waals surface area contributed by atoms with Crippen molar-refractivity contribution in [3.63, 3.8) is 0 Å². The lowest BCUT2D eigenvalue weighted by Crippen LogP contribution is -2.54. The first-order valence-electron chi connectivity index (χ1n) is 9.21. The van der Waals surface area contributed by atoms with Crippen LogP contribution in [0.4, 0.5) is 5.69 Å². The molecule has 0 atom stereocenters. The quantitative estimate of drug-likeness (QED) is 0.761. The minimum Gasteiger partial charge on any atom is -0.384 e. The molecule has 140 valence electrons. The van der Waals surface area contributed by atoms with Crippen LogP contribution in [0.1, 0.15) is 24.8 Å². The molecule has 1 aromatic carbocycles. The number of nitrogens with zero attached hydrogens (tertiary/aromatic N) is 2. The summed E-state index contributed by atoms with van der Waals surface area (Å²) in [5.74, 6) is -0.930. The normalized spacial score (nSPS) is 17.0. The van der Waals surface area contributed by atoms with Crippen LogP contribution in [0.15, 0.2) is 24.3 Å². The van der Waals surface area contributed by atoms with E-state index in [4.69, 9.17) is 0 Å². The number of hydrogen-bond acceptors (Lipinski definition) is 4. The van der Waals surface area contributed by atoms with E-state index in [1.54, 1.807) is 4.90 Å². The zero-order valence-corrected chi connectivity index (χ0v) is 15.2. The highest BCUT2D eigenvalue weighted by atomic mass is 16.2. The predicted molar refractivity (Wildman–Crippen MR) is 98.6 cm³/mol. The average Bonchev–Trinajstić information content (AvgIpc) is 3.46. The van der Waals surface area contributed by atoms with E-state index in [0.717, 1.165) is 24.1 Å². The van der Waals surface area contributed by atoms with Gasteiger partial charge in [-0.05, 0) is 31.4 Å². The van der Waals surface area contributed by atoms with Gasteiger partial charge in [-0.1, -0.05) is 18.2 Å². The number of rotatable bonds is 5. The second-order valence-corrected chi connectivity index (χ2v) is 6.91. The van der Waals surface area contributed by atoms with Crippen LogP contribution in [-0.4, -0.2) is 66.3 Å². The van der Waals surface area contributed by atoms with E-state index < -0.39 is 11.8 Å². The third-order valence-corrected chi connectivity index (χ3v) is 4.83. The molecule has 1 aromatic rings. The van der Waals surface area contributed by atoms with E-state index in [1.165, 1.54) is 4.90 Å². The summed E-state index contributed by atoms with van der Waals surface area (Å²) in [6.07, 6.45) is 2.32. The van der Waals surface area contributed by atoms with Gasteiger partial charge in [0.2, 0.25) is 5.91 Å². The highest BCUT2D eigenvalue weighted by molar-refractivity contribution is 6.35. The molecule has 1 aliphatic carbocycles. The van der Waals surface area contributed by atoms with Gasteiger partial charge in [0.05, 0.1) is 0 Å². The molecule has 2 fully saturated rings. The fourth-order valence-electron chi connectivity index (χ4n) is 3.01. The van der Waals surface area contributed by atoms with E-state index in [1.807, 2.05) is 31.2 Å². The first-order chi connectivity index (χ1) is 12.5. The van der Waals surface area contributed by atoms with E-state index in [0.29, 0.717) is 39.1 Å². The molecule has 2 aliphatic rings. The molecular weight excluding hydrogens is 332 g/mol. The topological polar surface area (TPSA) is 81.8 Å². The van der Waals surface area contributed by atoms with Crippen LogP contribution in [0.3, 0.4) is 0 Å². The van der Waals surface area contributed by atoms with Gasteiger partial charge >= 0.3 is 11.8 Å². The third-order valence-electron chi connectivity index (χ3n) is 4.83. The summed E-state index contributed by atoms with van der Waals surface area (Å²) in [6, 6.07) is 8.15. The Hall–Kier alpha value is -2.57. The second-order valence-electron chi connectivity index (χ2n) is 6.91. The van der Waals surface area contributed by atoms with Crippen molar-refractivity contribution in [1.82, 2.24) is 15.1 Å². The molecule has 1 heterocycles. The highest BCUT2D eigenvalue weighted by Gasteiger charge is 2.31. The van der Waals surface area contributed by atoms with Crippen molar-refractivity contribution in [2.75, 3.05) is 38.0 Å². The van der Waals surface area contributed by atoms with Crippen LogP contribution < -0.4 is 10.6 Å². The Morgan fingerprint density at radius 3 is 2.35 bits per heavy atom. The van der Waals surface area contributed by atoms with Crippen LogP contribution in [0.5, 0.6) is 0 Å². The Labute approximate surface area is 153 Å². The number of piperazine rings is 1. The number of aryl methyl sites for hydroxylation is 1. The predicted octanol–water partition coefficient (Wildman–Crippen LogP) is 0.746. The summed E-state index contributed by atoms with van der Waals surface area (Å²) in [5, 5.41) is 6.00. The zero-order valence-electron chi connectivity index (χ0n) is 15.2. The van der Waals surface area contributed by atoms with Gasteiger partial charge in [0.15, 0.2) is 0 Å². The third kappa shape index (κ3) is 4.74. The first-order valence-corrected chi connectivity index (χ1v) is 9.21. The lowest BCUT2D eigenvalue weighted by atomic mass is 10.2. The minimum absolute atomic E-state index is 0.0700. The van der Waals surface area contributed by atoms with Crippen molar-refractivity contribution < 1.29 is 14.4 Å². The molecule has 1 aliphatic heterocycles. The zero-order chi connectivity index (χ0) is 18.5. The number of carbonyl (C=O) groups is 3. The standard InChI is InChI=1S/C19H26N4O3/c1-14-4-2-3-5-16(14)20-9-8-17(24)22-10-12-23(13-11-22)19(26)18(25)21-15-6-7-15/h2-5,15,20H,6-13H2,1H3,(H,21,25). The summed E-state index contributed by atoms with van der Waals surface area (Å²) in [5.41, 5.74) is 2.19. The average molecular weight is 358 g/mol. The van der Waals surface area contributed by atoms with Crippen molar-refractivity contribution >= 4 is 23.4 Å². The van der Waals surface area contributed by atoms with Gasteiger partial charge in [0.1, 0.15) is 0 Å². The summed E-state index contributed by atoms with van der Waals surface area (Å²) >= 11 is 0. The molecule has 3 rings (SSSR count). The lowest BCUT2D eigenvalue weighted by Gasteiger charge is -2.34. The number of anilines is 1. The molecule has 3 amide bonds. The Balaban J connectivity index is 1.38. The number of para-hydroxylation sites is 1. The van der Waals surface area contributed by atoms with E-state index in [2.05, 4.69) is 10.6 Å². The van der Waals surface area contributed by atoms with Gasteiger partial charge in [0.25, 0.3) is 0 Å². The first kappa shape index (κ1) is 18.2. The van der Waals surface area contributed by atoms with Crippen molar-refractivity contribution in [2.45, 2.75) is 32.2 Å². The molecule has 0 spiro atoms. The number of amides is 3. The summed E-state index contributed by atoms with van der Waals surface area (Å²) in [6.45, 7) is 4.38. The van der Waals surface area contributed by atoms with Gasteiger partial charge in [0, 0.05) is 50.9 Å². The Bertz CT molecular complexity index is 679. The van der Waals surface area contributed by atoms with Gasteiger partial charge in [-0.2, -0.15) is 0 Å². The van der Waals surface area contributed by atoms with Crippen molar-refractivity contribution in [1.29, 1.82) is 0 Å². The van der Waals surface area contributed by atoms with E-state index in [9.17, 15) is 14.4 Å². The molecule has 2 N–H and O–H groups in total. The number of nitrogens with one attached hydrogen (secondary N) is 2. The van der Waals surface area contributed by atoms with Crippen LogP contribution in [0, 0.1) is 6.92 Å². The molecular formula is C19H26N4O3. The van der Waals surface area contributed by atoms with Crippen LogP contribution in [0.2, 0.25) is 0 Å². The van der Waals surface area contributed by atoms with Gasteiger partial charge < -0.3 is 20.4 Å². The van der Waals surface area contributed by atoms with Gasteiger partial charge in [-0.3, -0.25) is 14.4 Å².